The lowest BCUT2D eigenvalue weighted by molar-refractivity contribution is 0.0817. The Morgan fingerprint density at radius 2 is 2.20 bits per heavy atom. The maximum atomic E-state index is 9.92. The molecule has 0 spiro atoms. The molecule has 0 bridgehead atoms. The molecule has 0 radical (unpaired) electrons. The maximum absolute atomic E-state index is 9.92. The third-order valence-corrected chi connectivity index (χ3v) is 3.57. The van der Waals surface area contributed by atoms with Gasteiger partial charge in [-0.15, -0.1) is 11.3 Å². The van der Waals surface area contributed by atoms with Crippen molar-refractivity contribution in [3.05, 3.63) is 29.0 Å². The quantitative estimate of drug-likeness (QED) is 0.851. The van der Waals surface area contributed by atoms with Crippen LogP contribution in [0.3, 0.4) is 0 Å². The van der Waals surface area contributed by atoms with Gasteiger partial charge in [0, 0.05) is 0 Å². The molecule has 4 heteroatoms. The van der Waals surface area contributed by atoms with Crippen LogP contribution in [-0.4, -0.2) is 10.1 Å². The van der Waals surface area contributed by atoms with Crippen LogP contribution in [0, 0.1) is 6.92 Å². The second-order valence-electron chi connectivity index (χ2n) is 3.97. The Kier molecular flexibility index (Phi) is 2.40. The smallest absolute Gasteiger partial charge is 0.162 e. The lowest BCUT2D eigenvalue weighted by Crippen LogP contribution is -2.14. The van der Waals surface area contributed by atoms with E-state index in [1.54, 1.807) is 20.1 Å². The summed E-state index contributed by atoms with van der Waals surface area (Å²) in [6.45, 7) is 5.43. The highest BCUT2D eigenvalue weighted by atomic mass is 32.1. The number of rotatable bonds is 2. The molecule has 0 atom stereocenters. The van der Waals surface area contributed by atoms with E-state index in [-0.39, 0.29) is 0 Å². The summed E-state index contributed by atoms with van der Waals surface area (Å²) in [5.74, 6) is 0.749. The molecule has 80 valence electrons. The van der Waals surface area contributed by atoms with Crippen LogP contribution in [-0.2, 0) is 5.60 Å². The molecule has 0 aliphatic carbocycles. The molecule has 3 nitrogen and oxygen atoms in total. The highest BCUT2D eigenvalue weighted by Gasteiger charge is 2.23. The first-order valence-electron chi connectivity index (χ1n) is 4.72. The minimum atomic E-state index is -0.841. The molecule has 0 fully saturated rings. The van der Waals surface area contributed by atoms with Crippen LogP contribution in [0.5, 0.6) is 0 Å². The number of hydrogen-bond acceptors (Lipinski definition) is 4. The average molecular weight is 223 g/mol. The summed E-state index contributed by atoms with van der Waals surface area (Å²) >= 11 is 1.47. The van der Waals surface area contributed by atoms with Gasteiger partial charge in [-0.05, 0) is 32.9 Å². The van der Waals surface area contributed by atoms with E-state index in [2.05, 4.69) is 4.98 Å². The summed E-state index contributed by atoms with van der Waals surface area (Å²) in [4.78, 5) is 5.27. The van der Waals surface area contributed by atoms with E-state index in [4.69, 9.17) is 4.42 Å². The normalized spacial score (nSPS) is 12.0. The first-order valence-corrected chi connectivity index (χ1v) is 5.54. The lowest BCUT2D eigenvalue weighted by atomic mass is 10.1. The van der Waals surface area contributed by atoms with Gasteiger partial charge in [-0.1, -0.05) is 0 Å². The van der Waals surface area contributed by atoms with Crippen molar-refractivity contribution in [3.63, 3.8) is 0 Å². The van der Waals surface area contributed by atoms with E-state index >= 15 is 0 Å². The molecule has 0 amide bonds. The van der Waals surface area contributed by atoms with E-state index in [0.717, 1.165) is 21.3 Å². The predicted molar refractivity (Wildman–Crippen MR) is 59.8 cm³/mol. The molecule has 2 heterocycles. The minimum absolute atomic E-state index is 0.749. The fourth-order valence-corrected chi connectivity index (χ4v) is 2.51. The van der Waals surface area contributed by atoms with Gasteiger partial charge in [0.05, 0.1) is 22.4 Å². The summed E-state index contributed by atoms with van der Waals surface area (Å²) in [6.07, 6.45) is 1.62. The van der Waals surface area contributed by atoms with Crippen molar-refractivity contribution in [2.24, 2.45) is 0 Å². The third kappa shape index (κ3) is 1.96. The summed E-state index contributed by atoms with van der Waals surface area (Å²) in [7, 11) is 0. The van der Waals surface area contributed by atoms with Gasteiger partial charge in [-0.3, -0.25) is 0 Å². The summed E-state index contributed by atoms with van der Waals surface area (Å²) in [5.41, 5.74) is 0.0194. The molecule has 0 unspecified atom stereocenters. The van der Waals surface area contributed by atoms with Gasteiger partial charge < -0.3 is 9.52 Å². The Labute approximate surface area is 92.4 Å². The lowest BCUT2D eigenvalue weighted by Gasteiger charge is -2.14. The topological polar surface area (TPSA) is 46.3 Å². The average Bonchev–Trinajstić information content (AvgIpc) is 2.68. The zero-order valence-electron chi connectivity index (χ0n) is 8.94. The van der Waals surface area contributed by atoms with Crippen molar-refractivity contribution in [2.75, 3.05) is 0 Å². The number of aliphatic hydroxyl groups is 1. The number of hydrogen-bond donors (Lipinski definition) is 1. The van der Waals surface area contributed by atoms with Crippen molar-refractivity contribution >= 4 is 11.3 Å². The Morgan fingerprint density at radius 3 is 2.67 bits per heavy atom. The summed E-state index contributed by atoms with van der Waals surface area (Å²) in [5, 5.41) is 10.7. The number of aryl methyl sites for hydroxylation is 1. The SMILES string of the molecule is Cc1nc(-c2ccco2)sc1C(C)(C)O. The molecule has 2 aromatic heterocycles. The molecular weight excluding hydrogens is 210 g/mol. The van der Waals surface area contributed by atoms with Crippen LogP contribution in [0.4, 0.5) is 0 Å². The maximum Gasteiger partial charge on any atom is 0.162 e. The fraction of sp³-hybridized carbons (Fsp3) is 0.364. The number of aromatic nitrogens is 1. The molecule has 0 saturated carbocycles. The van der Waals surface area contributed by atoms with Crippen LogP contribution in [0.15, 0.2) is 22.8 Å². The molecule has 1 N–H and O–H groups in total. The van der Waals surface area contributed by atoms with Crippen LogP contribution < -0.4 is 0 Å². The van der Waals surface area contributed by atoms with E-state index in [1.165, 1.54) is 11.3 Å². The van der Waals surface area contributed by atoms with E-state index < -0.39 is 5.60 Å². The highest BCUT2D eigenvalue weighted by Crippen LogP contribution is 2.34. The molecule has 2 rings (SSSR count). The van der Waals surface area contributed by atoms with Gasteiger partial charge in [-0.25, -0.2) is 4.98 Å². The van der Waals surface area contributed by atoms with Crippen LogP contribution in [0.25, 0.3) is 10.8 Å². The van der Waals surface area contributed by atoms with E-state index in [9.17, 15) is 5.11 Å². The van der Waals surface area contributed by atoms with Gasteiger partial charge >= 0.3 is 0 Å². The van der Waals surface area contributed by atoms with Gasteiger partial charge in [0.2, 0.25) is 0 Å². The molecule has 2 aromatic rings. The zero-order valence-corrected chi connectivity index (χ0v) is 9.76. The molecule has 15 heavy (non-hydrogen) atoms. The van der Waals surface area contributed by atoms with Crippen molar-refractivity contribution in [2.45, 2.75) is 26.4 Å². The minimum Gasteiger partial charge on any atom is -0.462 e. The second-order valence-corrected chi connectivity index (χ2v) is 4.97. The Balaban J connectivity index is 2.47. The molecule has 0 aromatic carbocycles. The fourth-order valence-electron chi connectivity index (χ4n) is 1.47. The van der Waals surface area contributed by atoms with Crippen molar-refractivity contribution in [3.8, 4) is 10.8 Å². The van der Waals surface area contributed by atoms with E-state index in [1.807, 2.05) is 19.1 Å². The van der Waals surface area contributed by atoms with Crippen LogP contribution in [0.1, 0.15) is 24.4 Å². The second kappa shape index (κ2) is 3.47. The molecule has 0 saturated heterocycles. The third-order valence-electron chi connectivity index (χ3n) is 2.08. The standard InChI is InChI=1S/C11H13NO2S/c1-7-9(11(2,3)13)15-10(12-7)8-5-4-6-14-8/h4-6,13H,1-3H3. The summed E-state index contributed by atoms with van der Waals surface area (Å²) < 4.78 is 5.27. The number of nitrogens with zero attached hydrogens (tertiary/aromatic N) is 1. The van der Waals surface area contributed by atoms with E-state index in [0.29, 0.717) is 0 Å². The zero-order chi connectivity index (χ0) is 11.1. The predicted octanol–water partition coefficient (Wildman–Crippen LogP) is 2.94. The molecular formula is C11H13NO2S. The van der Waals surface area contributed by atoms with Gasteiger partial charge in [0.1, 0.15) is 0 Å². The summed E-state index contributed by atoms with van der Waals surface area (Å²) in [6, 6.07) is 3.70. The van der Waals surface area contributed by atoms with Crippen molar-refractivity contribution in [1.29, 1.82) is 0 Å². The van der Waals surface area contributed by atoms with Gasteiger partial charge in [0.25, 0.3) is 0 Å². The first-order chi connectivity index (χ1) is 6.98. The Bertz CT molecular complexity index is 451. The monoisotopic (exact) mass is 223 g/mol. The van der Waals surface area contributed by atoms with Gasteiger partial charge in [-0.2, -0.15) is 0 Å². The van der Waals surface area contributed by atoms with Crippen LogP contribution >= 0.6 is 11.3 Å². The first kappa shape index (κ1) is 10.4. The highest BCUT2D eigenvalue weighted by molar-refractivity contribution is 7.15. The molecule has 0 aliphatic rings. The van der Waals surface area contributed by atoms with Crippen LogP contribution in [0.2, 0.25) is 0 Å². The van der Waals surface area contributed by atoms with Gasteiger partial charge in [0.15, 0.2) is 10.8 Å². The number of furan rings is 1. The Hall–Kier alpha value is -1.13. The number of thiazole rings is 1. The largest absolute Gasteiger partial charge is 0.462 e. The van der Waals surface area contributed by atoms with Crippen molar-refractivity contribution in [1.82, 2.24) is 4.98 Å². The molecule has 0 aliphatic heterocycles. The Morgan fingerprint density at radius 1 is 1.47 bits per heavy atom. The van der Waals surface area contributed by atoms with Crippen molar-refractivity contribution < 1.29 is 9.52 Å².